The summed E-state index contributed by atoms with van der Waals surface area (Å²) in [6.07, 6.45) is 0.386. The highest BCUT2D eigenvalue weighted by molar-refractivity contribution is 5.73. The van der Waals surface area contributed by atoms with Crippen LogP contribution in [-0.4, -0.2) is 41.2 Å². The fourth-order valence-electron chi connectivity index (χ4n) is 1.40. The van der Waals surface area contributed by atoms with E-state index in [1.165, 1.54) is 0 Å². The number of likely N-dealkylation sites (N-methyl/N-ethyl adjacent to an activating group) is 1. The van der Waals surface area contributed by atoms with Crippen molar-refractivity contribution < 1.29 is 15.0 Å². The van der Waals surface area contributed by atoms with Gasteiger partial charge in [0.15, 0.2) is 0 Å². The van der Waals surface area contributed by atoms with Gasteiger partial charge in [0.05, 0.1) is 0 Å². The lowest BCUT2D eigenvalue weighted by molar-refractivity contribution is -0.142. The van der Waals surface area contributed by atoms with E-state index in [2.05, 4.69) is 0 Å². The Hall–Kier alpha value is -1.55. The van der Waals surface area contributed by atoms with Crippen LogP contribution in [0, 0.1) is 0 Å². The second-order valence-corrected chi connectivity index (χ2v) is 3.69. The largest absolute Gasteiger partial charge is 0.508 e. The summed E-state index contributed by atoms with van der Waals surface area (Å²) in [5, 5.41) is 18.2. The van der Waals surface area contributed by atoms with Gasteiger partial charge in [-0.15, -0.1) is 0 Å². The third kappa shape index (κ3) is 3.25. The number of carboxylic acid groups (broad SMARTS) is 1. The fraction of sp³-hybridized carbons (Fsp3) is 0.364. The van der Waals surface area contributed by atoms with E-state index in [9.17, 15) is 9.90 Å². The van der Waals surface area contributed by atoms with Gasteiger partial charge in [-0.25, -0.2) is 0 Å². The number of nitrogens with zero attached hydrogens (tertiary/aromatic N) is 1. The average Bonchev–Trinajstić information content (AvgIpc) is 2.13. The number of phenols is 1. The zero-order chi connectivity index (χ0) is 11.4. The maximum atomic E-state index is 10.9. The number of rotatable bonds is 4. The Morgan fingerprint density at radius 2 is 2.13 bits per heavy atom. The third-order valence-corrected chi connectivity index (χ3v) is 2.25. The molecule has 0 spiro atoms. The number of hydrogen-bond acceptors (Lipinski definition) is 3. The SMILES string of the molecule is CN(C)C(Cc1cccc(O)c1)C(=O)O. The fourth-order valence-corrected chi connectivity index (χ4v) is 1.40. The lowest BCUT2D eigenvalue weighted by Gasteiger charge is -2.19. The molecule has 0 heterocycles. The molecule has 0 amide bonds. The number of carbonyl (C=O) groups is 1. The molecule has 2 N–H and O–H groups in total. The van der Waals surface area contributed by atoms with E-state index in [0.29, 0.717) is 6.42 Å². The van der Waals surface area contributed by atoms with E-state index >= 15 is 0 Å². The molecule has 0 radical (unpaired) electrons. The van der Waals surface area contributed by atoms with Gasteiger partial charge in [-0.05, 0) is 38.2 Å². The topological polar surface area (TPSA) is 60.8 Å². The Morgan fingerprint density at radius 1 is 1.47 bits per heavy atom. The average molecular weight is 209 g/mol. The summed E-state index contributed by atoms with van der Waals surface area (Å²) in [7, 11) is 3.45. The van der Waals surface area contributed by atoms with E-state index in [1.807, 2.05) is 0 Å². The Balaban J connectivity index is 2.79. The molecule has 0 bridgehead atoms. The summed E-state index contributed by atoms with van der Waals surface area (Å²) in [5.41, 5.74) is 0.816. The lowest BCUT2D eigenvalue weighted by atomic mass is 10.1. The van der Waals surface area contributed by atoms with Gasteiger partial charge in [0.25, 0.3) is 0 Å². The van der Waals surface area contributed by atoms with Gasteiger partial charge < -0.3 is 10.2 Å². The second kappa shape index (κ2) is 4.79. The van der Waals surface area contributed by atoms with Crippen molar-refractivity contribution in [1.82, 2.24) is 4.90 Å². The van der Waals surface area contributed by atoms with Crippen molar-refractivity contribution in [2.45, 2.75) is 12.5 Å². The van der Waals surface area contributed by atoms with Crippen molar-refractivity contribution in [1.29, 1.82) is 0 Å². The number of aliphatic carboxylic acids is 1. The molecule has 0 aromatic heterocycles. The first-order valence-corrected chi connectivity index (χ1v) is 4.68. The maximum Gasteiger partial charge on any atom is 0.321 e. The first-order valence-electron chi connectivity index (χ1n) is 4.68. The molecule has 15 heavy (non-hydrogen) atoms. The van der Waals surface area contributed by atoms with Crippen molar-refractivity contribution in [3.8, 4) is 5.75 Å². The zero-order valence-corrected chi connectivity index (χ0v) is 8.84. The van der Waals surface area contributed by atoms with Crippen molar-refractivity contribution in [2.75, 3.05) is 14.1 Å². The molecule has 0 aliphatic heterocycles. The minimum atomic E-state index is -0.858. The quantitative estimate of drug-likeness (QED) is 0.775. The van der Waals surface area contributed by atoms with Gasteiger partial charge >= 0.3 is 5.97 Å². The number of phenolic OH excluding ortho intramolecular Hbond substituents is 1. The molecule has 0 fully saturated rings. The predicted molar refractivity (Wildman–Crippen MR) is 56.9 cm³/mol. The smallest absolute Gasteiger partial charge is 0.321 e. The van der Waals surface area contributed by atoms with Crippen LogP contribution in [0.25, 0.3) is 0 Å². The zero-order valence-electron chi connectivity index (χ0n) is 8.84. The standard InChI is InChI=1S/C11H15NO3/c1-12(2)10(11(14)15)7-8-4-3-5-9(13)6-8/h3-6,10,13H,7H2,1-2H3,(H,14,15). The molecule has 4 heteroatoms. The summed E-state index contributed by atoms with van der Waals surface area (Å²) in [6, 6.07) is 6.10. The van der Waals surface area contributed by atoms with E-state index < -0.39 is 12.0 Å². The number of benzene rings is 1. The van der Waals surface area contributed by atoms with Gasteiger partial charge in [-0.3, -0.25) is 9.69 Å². The minimum absolute atomic E-state index is 0.162. The Labute approximate surface area is 88.8 Å². The summed E-state index contributed by atoms with van der Waals surface area (Å²) < 4.78 is 0. The molecular formula is C11H15NO3. The van der Waals surface area contributed by atoms with Crippen LogP contribution in [0.1, 0.15) is 5.56 Å². The molecule has 1 rings (SSSR count). The summed E-state index contributed by atoms with van der Waals surface area (Å²) in [6.45, 7) is 0. The lowest BCUT2D eigenvalue weighted by Crippen LogP contribution is -2.37. The third-order valence-electron chi connectivity index (χ3n) is 2.25. The van der Waals surface area contributed by atoms with Crippen LogP contribution in [0.5, 0.6) is 5.75 Å². The predicted octanol–water partition coefficient (Wildman–Crippen LogP) is 0.950. The highest BCUT2D eigenvalue weighted by Crippen LogP contribution is 2.13. The number of hydrogen-bond donors (Lipinski definition) is 2. The monoisotopic (exact) mass is 209 g/mol. The highest BCUT2D eigenvalue weighted by Gasteiger charge is 2.19. The van der Waals surface area contributed by atoms with Gasteiger partial charge in [-0.2, -0.15) is 0 Å². The van der Waals surface area contributed by atoms with Crippen LogP contribution in [0.3, 0.4) is 0 Å². The molecule has 0 saturated carbocycles. The van der Waals surface area contributed by atoms with E-state index in [1.54, 1.807) is 43.3 Å². The molecule has 0 saturated heterocycles. The van der Waals surface area contributed by atoms with Gasteiger partial charge in [-0.1, -0.05) is 12.1 Å². The first-order chi connectivity index (χ1) is 7.00. The minimum Gasteiger partial charge on any atom is -0.508 e. The normalized spacial score (nSPS) is 12.7. The number of aromatic hydroxyl groups is 1. The molecule has 0 aliphatic rings. The van der Waals surface area contributed by atoms with Crippen LogP contribution in [-0.2, 0) is 11.2 Å². The molecule has 1 unspecified atom stereocenters. The Morgan fingerprint density at radius 3 is 2.60 bits per heavy atom. The molecule has 1 aromatic rings. The van der Waals surface area contributed by atoms with E-state index in [-0.39, 0.29) is 5.75 Å². The molecule has 0 aliphatic carbocycles. The molecule has 4 nitrogen and oxygen atoms in total. The highest BCUT2D eigenvalue weighted by atomic mass is 16.4. The number of carboxylic acids is 1. The van der Waals surface area contributed by atoms with Crippen LogP contribution >= 0.6 is 0 Å². The van der Waals surface area contributed by atoms with Gasteiger partial charge in [0.1, 0.15) is 11.8 Å². The van der Waals surface area contributed by atoms with Crippen molar-refractivity contribution >= 4 is 5.97 Å². The van der Waals surface area contributed by atoms with Crippen LogP contribution < -0.4 is 0 Å². The molecule has 1 aromatic carbocycles. The van der Waals surface area contributed by atoms with Crippen LogP contribution in [0.4, 0.5) is 0 Å². The summed E-state index contributed by atoms with van der Waals surface area (Å²) in [4.78, 5) is 12.6. The van der Waals surface area contributed by atoms with Crippen molar-refractivity contribution in [3.05, 3.63) is 29.8 Å². The molecular weight excluding hydrogens is 194 g/mol. The van der Waals surface area contributed by atoms with Crippen molar-refractivity contribution in [2.24, 2.45) is 0 Å². The summed E-state index contributed by atoms with van der Waals surface area (Å²) >= 11 is 0. The van der Waals surface area contributed by atoms with Crippen molar-refractivity contribution in [3.63, 3.8) is 0 Å². The van der Waals surface area contributed by atoms with E-state index in [4.69, 9.17) is 5.11 Å². The molecule has 82 valence electrons. The van der Waals surface area contributed by atoms with Crippen LogP contribution in [0.2, 0.25) is 0 Å². The maximum absolute atomic E-state index is 10.9. The van der Waals surface area contributed by atoms with Crippen LogP contribution in [0.15, 0.2) is 24.3 Å². The van der Waals surface area contributed by atoms with E-state index in [0.717, 1.165) is 5.56 Å². The van der Waals surface area contributed by atoms with Gasteiger partial charge in [0, 0.05) is 0 Å². The Kier molecular flexibility index (Phi) is 3.68. The first kappa shape index (κ1) is 11.5. The Bertz CT molecular complexity index is 349. The summed E-state index contributed by atoms with van der Waals surface area (Å²) in [5.74, 6) is -0.696. The second-order valence-electron chi connectivity index (χ2n) is 3.69. The molecule has 1 atom stereocenters. The van der Waals surface area contributed by atoms with Gasteiger partial charge in [0.2, 0.25) is 0 Å².